The minimum atomic E-state index is -0.781. The highest BCUT2D eigenvalue weighted by atomic mass is 16.4. The molecule has 0 bridgehead atoms. The topological polar surface area (TPSA) is 95.4 Å². The van der Waals surface area contributed by atoms with Gasteiger partial charge in [0.2, 0.25) is 0 Å². The van der Waals surface area contributed by atoms with Crippen LogP contribution in [0.25, 0.3) is 0 Å². The van der Waals surface area contributed by atoms with E-state index in [0.717, 1.165) is 25.1 Å². The summed E-state index contributed by atoms with van der Waals surface area (Å²) >= 11 is 0. The lowest BCUT2D eigenvalue weighted by atomic mass is 9.85. The van der Waals surface area contributed by atoms with Gasteiger partial charge in [0.05, 0.1) is 17.8 Å². The molecule has 0 unspecified atom stereocenters. The van der Waals surface area contributed by atoms with Gasteiger partial charge in [-0.05, 0) is 44.4 Å². The van der Waals surface area contributed by atoms with Crippen LogP contribution in [0.2, 0.25) is 0 Å². The molecule has 1 amide bonds. The maximum absolute atomic E-state index is 12.6. The Morgan fingerprint density at radius 2 is 2.04 bits per heavy atom. The maximum atomic E-state index is 12.6. The van der Waals surface area contributed by atoms with Crippen molar-refractivity contribution in [1.82, 2.24) is 20.2 Å². The highest BCUT2D eigenvalue weighted by molar-refractivity contribution is 5.95. The van der Waals surface area contributed by atoms with Gasteiger partial charge in [-0.3, -0.25) is 14.5 Å². The van der Waals surface area contributed by atoms with E-state index in [-0.39, 0.29) is 30.5 Å². The fourth-order valence-corrected chi connectivity index (χ4v) is 3.52. The van der Waals surface area contributed by atoms with Crippen molar-refractivity contribution in [2.45, 2.75) is 64.5 Å². The molecule has 1 heterocycles. The summed E-state index contributed by atoms with van der Waals surface area (Å²) in [4.78, 5) is 34.4. The van der Waals surface area contributed by atoms with Crippen LogP contribution in [0.15, 0.2) is 6.20 Å². The Bertz CT molecular complexity index is 681. The molecule has 1 aromatic heterocycles. The van der Waals surface area contributed by atoms with Gasteiger partial charge in [-0.25, -0.2) is 9.97 Å². The van der Waals surface area contributed by atoms with Crippen molar-refractivity contribution in [3.8, 4) is 0 Å². The monoisotopic (exact) mass is 360 g/mol. The number of rotatable bonds is 8. The van der Waals surface area contributed by atoms with E-state index in [1.165, 1.54) is 12.8 Å². The van der Waals surface area contributed by atoms with Crippen molar-refractivity contribution in [3.05, 3.63) is 23.3 Å². The first-order valence-corrected chi connectivity index (χ1v) is 9.43. The molecule has 0 radical (unpaired) electrons. The molecule has 0 aromatic carbocycles. The third kappa shape index (κ3) is 4.58. The number of carboxylic acids is 1. The van der Waals surface area contributed by atoms with Crippen LogP contribution in [0.5, 0.6) is 0 Å². The molecule has 26 heavy (non-hydrogen) atoms. The number of nitrogens with one attached hydrogen (secondary N) is 1. The quantitative estimate of drug-likeness (QED) is 0.736. The van der Waals surface area contributed by atoms with Crippen LogP contribution in [-0.2, 0) is 4.79 Å². The molecule has 7 nitrogen and oxygen atoms in total. The summed E-state index contributed by atoms with van der Waals surface area (Å²) < 4.78 is 0. The summed E-state index contributed by atoms with van der Waals surface area (Å²) in [5, 5.41) is 12.2. The van der Waals surface area contributed by atoms with E-state index < -0.39 is 5.97 Å². The van der Waals surface area contributed by atoms with Gasteiger partial charge in [0.25, 0.3) is 5.91 Å². The first-order valence-electron chi connectivity index (χ1n) is 9.43. The Labute approximate surface area is 154 Å². The number of hydrogen-bond acceptors (Lipinski definition) is 5. The zero-order valence-electron chi connectivity index (χ0n) is 15.7. The largest absolute Gasteiger partial charge is 0.480 e. The molecule has 0 aliphatic heterocycles. The molecule has 2 N–H and O–H groups in total. The first-order chi connectivity index (χ1) is 12.3. The van der Waals surface area contributed by atoms with Crippen molar-refractivity contribution in [1.29, 1.82) is 0 Å². The minimum absolute atomic E-state index is 0.0873. The van der Waals surface area contributed by atoms with E-state index in [2.05, 4.69) is 20.2 Å². The summed E-state index contributed by atoms with van der Waals surface area (Å²) in [6.07, 6.45) is 5.61. The smallest absolute Gasteiger partial charge is 0.317 e. The summed E-state index contributed by atoms with van der Waals surface area (Å²) in [6.45, 7) is 6.80. The zero-order chi connectivity index (χ0) is 18.8. The molecule has 0 spiro atoms. The normalized spacial score (nSPS) is 22.3. The van der Waals surface area contributed by atoms with E-state index in [1.54, 1.807) is 6.20 Å². The van der Waals surface area contributed by atoms with Crippen molar-refractivity contribution in [2.24, 2.45) is 5.92 Å². The predicted molar refractivity (Wildman–Crippen MR) is 97.1 cm³/mol. The molecule has 2 aliphatic carbocycles. The molecule has 0 saturated heterocycles. The van der Waals surface area contributed by atoms with Crippen molar-refractivity contribution in [2.75, 3.05) is 13.1 Å². The molecule has 0 atom stereocenters. The van der Waals surface area contributed by atoms with Gasteiger partial charge in [-0.2, -0.15) is 0 Å². The average molecular weight is 360 g/mol. The third-order valence-electron chi connectivity index (χ3n) is 5.22. The number of hydrogen-bond donors (Lipinski definition) is 2. The molecular formula is C19H28N4O3. The van der Waals surface area contributed by atoms with Crippen molar-refractivity contribution >= 4 is 11.9 Å². The lowest BCUT2D eigenvalue weighted by Crippen LogP contribution is -2.55. The van der Waals surface area contributed by atoms with Crippen LogP contribution < -0.4 is 5.32 Å². The summed E-state index contributed by atoms with van der Waals surface area (Å²) in [7, 11) is 0. The Balaban J connectivity index is 1.56. The van der Waals surface area contributed by atoms with E-state index in [9.17, 15) is 9.59 Å². The number of carbonyl (C=O) groups excluding carboxylic acids is 1. The molecule has 3 rings (SSSR count). The Kier molecular flexibility index (Phi) is 5.55. The van der Waals surface area contributed by atoms with E-state index in [4.69, 9.17) is 5.11 Å². The van der Waals surface area contributed by atoms with Crippen LogP contribution in [0.4, 0.5) is 0 Å². The third-order valence-corrected chi connectivity index (χ3v) is 5.22. The molecule has 1 aromatic rings. The highest BCUT2D eigenvalue weighted by Crippen LogP contribution is 2.34. The molecule has 2 aliphatic rings. The van der Waals surface area contributed by atoms with Crippen molar-refractivity contribution in [3.63, 3.8) is 0 Å². The Morgan fingerprint density at radius 1 is 1.35 bits per heavy atom. The number of aryl methyl sites for hydroxylation is 1. The van der Waals surface area contributed by atoms with Gasteiger partial charge < -0.3 is 10.4 Å². The Morgan fingerprint density at radius 3 is 2.62 bits per heavy atom. The van der Waals surface area contributed by atoms with Gasteiger partial charge in [0.1, 0.15) is 5.82 Å². The summed E-state index contributed by atoms with van der Waals surface area (Å²) in [5.41, 5.74) is 1.31. The summed E-state index contributed by atoms with van der Waals surface area (Å²) in [5.74, 6) is 0.552. The number of carboxylic acid groups (broad SMARTS) is 1. The van der Waals surface area contributed by atoms with Gasteiger partial charge in [-0.15, -0.1) is 0 Å². The number of amides is 1. The Hall–Kier alpha value is -2.02. The first kappa shape index (κ1) is 18.8. The van der Waals surface area contributed by atoms with Crippen LogP contribution in [0.1, 0.15) is 67.3 Å². The molecule has 2 fully saturated rings. The highest BCUT2D eigenvalue weighted by Gasteiger charge is 2.38. The SMILES string of the molecule is Cc1ncc(C(=O)NC2CC(N(CC(=O)O)CC3CC3)C2)c(C(C)C)n1. The van der Waals surface area contributed by atoms with Crippen LogP contribution in [0, 0.1) is 12.8 Å². The lowest BCUT2D eigenvalue weighted by Gasteiger charge is -2.42. The minimum Gasteiger partial charge on any atom is -0.480 e. The van der Waals surface area contributed by atoms with Crippen LogP contribution in [0.3, 0.4) is 0 Å². The van der Waals surface area contributed by atoms with Crippen molar-refractivity contribution < 1.29 is 14.7 Å². The van der Waals surface area contributed by atoms with Crippen LogP contribution >= 0.6 is 0 Å². The van der Waals surface area contributed by atoms with Gasteiger partial charge in [-0.1, -0.05) is 13.8 Å². The number of aliphatic carboxylic acids is 1. The zero-order valence-corrected chi connectivity index (χ0v) is 15.7. The molecule has 2 saturated carbocycles. The van der Waals surface area contributed by atoms with Gasteiger partial charge in [0, 0.05) is 24.8 Å². The predicted octanol–water partition coefficient (Wildman–Crippen LogP) is 1.97. The maximum Gasteiger partial charge on any atom is 0.317 e. The number of nitrogens with zero attached hydrogens (tertiary/aromatic N) is 3. The van der Waals surface area contributed by atoms with E-state index in [1.807, 2.05) is 20.8 Å². The van der Waals surface area contributed by atoms with Gasteiger partial charge >= 0.3 is 5.97 Å². The number of carbonyl (C=O) groups is 2. The van der Waals surface area contributed by atoms with Gasteiger partial charge in [0.15, 0.2) is 0 Å². The standard InChI is InChI=1S/C19H28N4O3/c1-11(2)18-16(8-20-12(3)21-18)19(26)22-14-6-15(7-14)23(10-17(24)25)9-13-4-5-13/h8,11,13-15H,4-7,9-10H2,1-3H3,(H,22,26)(H,24,25). The van der Waals surface area contributed by atoms with Crippen LogP contribution in [-0.4, -0.2) is 57.0 Å². The average Bonchev–Trinajstić information content (AvgIpc) is 3.33. The second-order valence-corrected chi connectivity index (χ2v) is 7.93. The second kappa shape index (κ2) is 7.70. The molecule has 7 heteroatoms. The number of aromatic nitrogens is 2. The molecular weight excluding hydrogens is 332 g/mol. The molecule has 142 valence electrons. The second-order valence-electron chi connectivity index (χ2n) is 7.93. The van der Waals surface area contributed by atoms with E-state index >= 15 is 0 Å². The fourth-order valence-electron chi connectivity index (χ4n) is 3.52. The fraction of sp³-hybridized carbons (Fsp3) is 0.684. The summed E-state index contributed by atoms with van der Waals surface area (Å²) in [6, 6.07) is 0.333. The van der Waals surface area contributed by atoms with E-state index in [0.29, 0.717) is 17.3 Å². The lowest BCUT2D eigenvalue weighted by molar-refractivity contribution is -0.139.